The van der Waals surface area contributed by atoms with E-state index < -0.39 is 0 Å². The summed E-state index contributed by atoms with van der Waals surface area (Å²) in [5.74, 6) is 0. The van der Waals surface area contributed by atoms with E-state index in [1.165, 1.54) is 32.3 Å². The van der Waals surface area contributed by atoms with Gasteiger partial charge < -0.3 is 9.97 Å². The number of benzene rings is 4. The Morgan fingerprint density at radius 1 is 0.439 bits per heavy atom. The standard InChI is InChI=1S/C20H14N4.C16H9.Co/c1-2-14-10-16-5-6-18(23-16)12-20-8-7-19(24-20)11-17-4-3-15(22-17)9-13(1)21-14;1-3-11-7-9-13-5-2-6-14-10-8-12(4-1)15(11)16(13)14;/h1-12,21,24H;1-5,7-10H;. The summed E-state index contributed by atoms with van der Waals surface area (Å²) in [4.78, 5) is 16.0. The predicted molar refractivity (Wildman–Crippen MR) is 169 cm³/mol. The van der Waals surface area contributed by atoms with E-state index in [1.54, 1.807) is 0 Å². The third-order valence-electron chi connectivity index (χ3n) is 7.50. The summed E-state index contributed by atoms with van der Waals surface area (Å²) in [7, 11) is 0. The molecule has 0 saturated carbocycles. The van der Waals surface area contributed by atoms with Crippen molar-refractivity contribution in [3.8, 4) is 0 Å². The molecule has 0 aliphatic carbocycles. The number of aromatic amines is 2. The van der Waals surface area contributed by atoms with Crippen molar-refractivity contribution in [3.05, 3.63) is 126 Å². The van der Waals surface area contributed by atoms with Gasteiger partial charge >= 0.3 is 107 Å². The topological polar surface area (TPSA) is 57.4 Å². The Balaban J connectivity index is 0.000000132. The molecule has 9 rings (SSSR count). The molecule has 7 aromatic rings. The van der Waals surface area contributed by atoms with Gasteiger partial charge in [-0.15, -0.1) is 0 Å². The van der Waals surface area contributed by atoms with Gasteiger partial charge in [0, 0.05) is 22.1 Å². The van der Waals surface area contributed by atoms with Crippen LogP contribution in [0.3, 0.4) is 0 Å². The molecule has 0 amide bonds. The Morgan fingerprint density at radius 2 is 0.854 bits per heavy atom. The number of nitrogens with zero attached hydrogens (tertiary/aromatic N) is 2. The predicted octanol–water partition coefficient (Wildman–Crippen LogP) is 8.41. The zero-order valence-electron chi connectivity index (χ0n) is 21.9. The number of nitrogens with one attached hydrogen (secondary N) is 2. The van der Waals surface area contributed by atoms with Crippen molar-refractivity contribution >= 4 is 83.2 Å². The third kappa shape index (κ3) is 4.51. The van der Waals surface area contributed by atoms with Gasteiger partial charge in [0.1, 0.15) is 0 Å². The molecule has 2 N–H and O–H groups in total. The van der Waals surface area contributed by atoms with Crippen molar-refractivity contribution in [1.82, 2.24) is 19.9 Å². The van der Waals surface area contributed by atoms with E-state index in [1.807, 2.05) is 48.6 Å². The summed E-state index contributed by atoms with van der Waals surface area (Å²) in [5.41, 5.74) is 7.86. The van der Waals surface area contributed by atoms with Crippen LogP contribution in [-0.2, 0) is 15.7 Å². The van der Waals surface area contributed by atoms with Gasteiger partial charge in [0.05, 0.1) is 22.8 Å². The van der Waals surface area contributed by atoms with Crippen molar-refractivity contribution in [2.24, 2.45) is 0 Å². The normalized spacial score (nSPS) is 12.3. The fraction of sp³-hybridized carbons (Fsp3) is 0. The fourth-order valence-electron chi connectivity index (χ4n) is 5.63. The summed E-state index contributed by atoms with van der Waals surface area (Å²) in [6.45, 7) is 0. The van der Waals surface area contributed by atoms with E-state index in [-0.39, 0.29) is 0 Å². The van der Waals surface area contributed by atoms with Gasteiger partial charge in [-0.2, -0.15) is 0 Å². The second kappa shape index (κ2) is 9.59. The van der Waals surface area contributed by atoms with Gasteiger partial charge in [0.15, 0.2) is 0 Å². The number of fused-ring (bicyclic) bond motifs is 8. The van der Waals surface area contributed by atoms with Gasteiger partial charge in [-0.25, -0.2) is 9.97 Å². The van der Waals surface area contributed by atoms with Crippen molar-refractivity contribution in [3.63, 3.8) is 0 Å². The van der Waals surface area contributed by atoms with Crippen LogP contribution >= 0.6 is 0 Å². The van der Waals surface area contributed by atoms with Gasteiger partial charge in [-0.1, -0.05) is 0 Å². The Hall–Kier alpha value is -4.97. The van der Waals surface area contributed by atoms with Crippen LogP contribution in [0.1, 0.15) is 22.8 Å². The maximum atomic E-state index is 4.63. The van der Waals surface area contributed by atoms with Crippen LogP contribution in [0.15, 0.2) is 103 Å². The first-order valence-corrected chi connectivity index (χ1v) is 14.0. The summed E-state index contributed by atoms with van der Waals surface area (Å²) >= 11 is 4.61. The fourth-order valence-corrected chi connectivity index (χ4v) is 5.93. The van der Waals surface area contributed by atoms with Crippen LogP contribution in [0.2, 0.25) is 0 Å². The van der Waals surface area contributed by atoms with Crippen molar-refractivity contribution in [2.75, 3.05) is 0 Å². The molecule has 41 heavy (non-hydrogen) atoms. The van der Waals surface area contributed by atoms with E-state index in [4.69, 9.17) is 0 Å². The molecular weight excluding hydrogens is 547 g/mol. The molecule has 8 bridgehead atoms. The van der Waals surface area contributed by atoms with E-state index in [2.05, 4.69) is 115 Å². The Kier molecular flexibility index (Phi) is 5.58. The first kappa shape index (κ1) is 23.9. The Labute approximate surface area is 244 Å². The first-order valence-electron chi connectivity index (χ1n) is 13.5. The molecule has 2 aliphatic rings. The quantitative estimate of drug-likeness (QED) is 0.180. The third-order valence-corrected chi connectivity index (χ3v) is 7.95. The van der Waals surface area contributed by atoms with E-state index in [0.717, 1.165) is 49.3 Å². The molecule has 0 unspecified atom stereocenters. The van der Waals surface area contributed by atoms with Crippen molar-refractivity contribution < 1.29 is 15.7 Å². The number of hydrogen-bond acceptors (Lipinski definition) is 2. The minimum atomic E-state index is 0.939. The first-order chi connectivity index (χ1) is 20.1. The van der Waals surface area contributed by atoms with Crippen LogP contribution in [0.25, 0.3) is 78.7 Å². The average Bonchev–Trinajstić information content (AvgIpc) is 3.80. The number of aromatic nitrogens is 4. The molecule has 5 heterocycles. The van der Waals surface area contributed by atoms with Crippen molar-refractivity contribution in [2.45, 2.75) is 0 Å². The zero-order chi connectivity index (χ0) is 27.3. The molecule has 4 nitrogen and oxygen atoms in total. The van der Waals surface area contributed by atoms with Crippen LogP contribution < -0.4 is 4.50 Å². The summed E-state index contributed by atoms with van der Waals surface area (Å²) in [6.07, 6.45) is 8.09. The molecule has 3 aromatic heterocycles. The van der Waals surface area contributed by atoms with Crippen LogP contribution in [0.4, 0.5) is 0 Å². The molecule has 0 saturated heterocycles. The SMILES string of the molecule is C1=Cc2cc3ccc(cc4nc(cc5ccc(cc1n2)[nH]5)C=C4)[nH]3.[Co][c]1ccc2ccc3cccc4ccc1c2c34. The molecule has 4 aromatic carbocycles. The molecule has 0 radical (unpaired) electrons. The molecule has 0 spiro atoms. The number of hydrogen-bond donors (Lipinski definition) is 2. The molecular formula is C36H23CoN4. The summed E-state index contributed by atoms with van der Waals surface area (Å²) < 4.78 is 1.04. The van der Waals surface area contributed by atoms with Gasteiger partial charge in [0.25, 0.3) is 0 Å². The average molecular weight is 571 g/mol. The minimum absolute atomic E-state index is 0.939. The molecule has 0 fully saturated rings. The summed E-state index contributed by atoms with van der Waals surface area (Å²) in [6, 6.07) is 35.8. The second-order valence-electron chi connectivity index (χ2n) is 10.3. The zero-order valence-corrected chi connectivity index (χ0v) is 22.9. The molecule has 0 atom stereocenters. The van der Waals surface area contributed by atoms with Gasteiger partial charge in [-0.05, 0) is 72.8 Å². The van der Waals surface area contributed by atoms with E-state index in [9.17, 15) is 0 Å². The van der Waals surface area contributed by atoms with Crippen LogP contribution in [-0.4, -0.2) is 19.9 Å². The Bertz CT molecular complexity index is 2150. The Morgan fingerprint density at radius 3 is 1.34 bits per heavy atom. The van der Waals surface area contributed by atoms with Crippen molar-refractivity contribution in [1.29, 1.82) is 0 Å². The van der Waals surface area contributed by atoms with E-state index in [0.29, 0.717) is 0 Å². The second-order valence-corrected chi connectivity index (χ2v) is 10.8. The molecule has 196 valence electrons. The van der Waals surface area contributed by atoms with Gasteiger partial charge in [0.2, 0.25) is 0 Å². The van der Waals surface area contributed by atoms with E-state index >= 15 is 0 Å². The molecule has 5 heteroatoms. The van der Waals surface area contributed by atoms with Crippen LogP contribution in [0, 0.1) is 0 Å². The number of rotatable bonds is 0. The monoisotopic (exact) mass is 570 g/mol. The van der Waals surface area contributed by atoms with Crippen LogP contribution in [0.5, 0.6) is 0 Å². The summed E-state index contributed by atoms with van der Waals surface area (Å²) in [5, 5.41) is 7.84. The maximum absolute atomic E-state index is 4.63. The molecule has 2 aliphatic heterocycles. The number of H-pyrrole nitrogens is 2. The van der Waals surface area contributed by atoms with Gasteiger partial charge in [-0.3, -0.25) is 0 Å².